The number of para-hydroxylation sites is 1. The predicted molar refractivity (Wildman–Crippen MR) is 69.7 cm³/mol. The van der Waals surface area contributed by atoms with E-state index >= 15 is 0 Å². The van der Waals surface area contributed by atoms with Crippen molar-refractivity contribution in [2.45, 2.75) is 18.6 Å². The van der Waals surface area contributed by atoms with Crippen LogP contribution in [-0.2, 0) is 19.9 Å². The molecule has 0 bridgehead atoms. The molecule has 3 rings (SSSR count). The first kappa shape index (κ1) is 12.5. The summed E-state index contributed by atoms with van der Waals surface area (Å²) in [6.07, 6.45) is 0. The predicted octanol–water partition coefficient (Wildman–Crippen LogP) is 1.73. The molecule has 7 heteroatoms. The summed E-state index contributed by atoms with van der Waals surface area (Å²) in [7, 11) is 1.64. The molecule has 1 aromatic carbocycles. The van der Waals surface area contributed by atoms with Gasteiger partial charge in [-0.3, -0.25) is 9.59 Å². The van der Waals surface area contributed by atoms with Crippen molar-refractivity contribution in [1.29, 1.82) is 0 Å². The van der Waals surface area contributed by atoms with Gasteiger partial charge in [-0.25, -0.2) is 0 Å². The zero-order valence-electron chi connectivity index (χ0n) is 11.0. The van der Waals surface area contributed by atoms with Crippen LogP contribution in [0, 0.1) is 5.92 Å². The van der Waals surface area contributed by atoms with E-state index in [1.807, 2.05) is 6.07 Å². The zero-order chi connectivity index (χ0) is 14.5. The van der Waals surface area contributed by atoms with Crippen LogP contribution in [0.3, 0.4) is 0 Å². The Morgan fingerprint density at radius 3 is 2.80 bits per heavy atom. The zero-order valence-corrected chi connectivity index (χ0v) is 11.0. The number of fused-ring (bicyclic) bond motifs is 2. The number of likely N-dealkylation sites (N-methyl/N-ethyl adjacent to an activating group) is 1. The minimum absolute atomic E-state index is 0.310. The molecule has 102 valence electrons. The SMILES string of the molecule is C[C@@H]1[C@H](N=[N+]=[N-])C(=O)O[C@@]12C(=O)N(C)c1ccccc12. The van der Waals surface area contributed by atoms with Gasteiger partial charge in [0.15, 0.2) is 0 Å². The Hall–Kier alpha value is -2.53. The van der Waals surface area contributed by atoms with E-state index in [4.69, 9.17) is 10.3 Å². The first-order valence-corrected chi connectivity index (χ1v) is 6.18. The Morgan fingerprint density at radius 1 is 1.40 bits per heavy atom. The van der Waals surface area contributed by atoms with E-state index in [-0.39, 0.29) is 5.91 Å². The van der Waals surface area contributed by atoms with E-state index in [1.165, 1.54) is 4.90 Å². The van der Waals surface area contributed by atoms with Gasteiger partial charge in [0.2, 0.25) is 5.60 Å². The lowest BCUT2D eigenvalue weighted by Gasteiger charge is -2.26. The monoisotopic (exact) mass is 272 g/mol. The fourth-order valence-corrected chi connectivity index (χ4v) is 3.03. The fraction of sp³-hybridized carbons (Fsp3) is 0.385. The summed E-state index contributed by atoms with van der Waals surface area (Å²) in [5, 5.41) is 3.47. The number of azide groups is 1. The highest BCUT2D eigenvalue weighted by Gasteiger charge is 2.64. The van der Waals surface area contributed by atoms with E-state index in [1.54, 1.807) is 32.2 Å². The number of amides is 1. The average Bonchev–Trinajstić information content (AvgIpc) is 2.82. The maximum absolute atomic E-state index is 12.6. The maximum atomic E-state index is 12.6. The third kappa shape index (κ3) is 1.27. The average molecular weight is 272 g/mol. The minimum atomic E-state index is -1.37. The smallest absolute Gasteiger partial charge is 0.316 e. The molecule has 0 N–H and O–H groups in total. The molecule has 20 heavy (non-hydrogen) atoms. The number of esters is 1. The third-order valence-corrected chi connectivity index (χ3v) is 4.08. The summed E-state index contributed by atoms with van der Waals surface area (Å²) < 4.78 is 5.40. The second-order valence-electron chi connectivity index (χ2n) is 4.98. The van der Waals surface area contributed by atoms with E-state index in [9.17, 15) is 9.59 Å². The molecule has 1 fully saturated rings. The van der Waals surface area contributed by atoms with Crippen LogP contribution in [0.25, 0.3) is 10.4 Å². The fourth-order valence-electron chi connectivity index (χ4n) is 3.03. The van der Waals surface area contributed by atoms with E-state index in [0.29, 0.717) is 11.3 Å². The van der Waals surface area contributed by atoms with Crippen molar-refractivity contribution in [1.82, 2.24) is 0 Å². The van der Waals surface area contributed by atoms with Gasteiger partial charge in [-0.15, -0.1) is 0 Å². The quantitative estimate of drug-likeness (QED) is 0.337. The van der Waals surface area contributed by atoms with Gasteiger partial charge >= 0.3 is 5.97 Å². The molecule has 0 radical (unpaired) electrons. The van der Waals surface area contributed by atoms with Crippen LogP contribution in [-0.4, -0.2) is 25.0 Å². The number of carbonyl (C=O) groups is 2. The second-order valence-corrected chi connectivity index (χ2v) is 4.98. The summed E-state index contributed by atoms with van der Waals surface area (Å²) in [5.41, 5.74) is 8.54. The minimum Gasteiger partial charge on any atom is -0.443 e. The largest absolute Gasteiger partial charge is 0.443 e. The molecule has 2 aliphatic heterocycles. The van der Waals surface area contributed by atoms with E-state index in [0.717, 1.165) is 0 Å². The number of rotatable bonds is 1. The van der Waals surface area contributed by atoms with Crippen molar-refractivity contribution in [2.24, 2.45) is 11.0 Å². The Balaban J connectivity index is 2.21. The van der Waals surface area contributed by atoms with Crippen LogP contribution in [0.1, 0.15) is 12.5 Å². The molecule has 0 aliphatic carbocycles. The Kier molecular flexibility index (Phi) is 2.49. The molecule has 1 amide bonds. The molecular formula is C13H12N4O3. The van der Waals surface area contributed by atoms with Gasteiger partial charge in [0, 0.05) is 23.4 Å². The van der Waals surface area contributed by atoms with Crippen LogP contribution in [0.15, 0.2) is 29.4 Å². The summed E-state index contributed by atoms with van der Waals surface area (Å²) in [4.78, 5) is 28.7. The van der Waals surface area contributed by atoms with Crippen molar-refractivity contribution in [3.8, 4) is 0 Å². The molecule has 1 saturated heterocycles. The standard InChI is InChI=1S/C13H12N4O3/c1-7-10(15-16-14)11(18)20-13(7)8-5-3-4-6-9(8)17(2)12(13)19/h3-7,10H,1-2H3/t7-,10+,13+/m1/s1. The van der Waals surface area contributed by atoms with Crippen molar-refractivity contribution >= 4 is 17.6 Å². The molecule has 7 nitrogen and oxygen atoms in total. The first-order valence-electron chi connectivity index (χ1n) is 6.18. The van der Waals surface area contributed by atoms with Crippen LogP contribution < -0.4 is 4.90 Å². The lowest BCUT2D eigenvalue weighted by Crippen LogP contribution is -2.43. The van der Waals surface area contributed by atoms with Gasteiger partial charge in [-0.05, 0) is 11.6 Å². The first-order chi connectivity index (χ1) is 9.54. The molecular weight excluding hydrogens is 260 g/mol. The molecule has 2 aliphatic rings. The number of hydrogen-bond acceptors (Lipinski definition) is 4. The van der Waals surface area contributed by atoms with Gasteiger partial charge in [0.1, 0.15) is 6.04 Å². The number of ether oxygens (including phenoxy) is 1. The summed E-state index contributed by atoms with van der Waals surface area (Å²) in [6, 6.07) is 6.17. The van der Waals surface area contributed by atoms with Gasteiger partial charge < -0.3 is 9.64 Å². The second kappa shape index (κ2) is 3.98. The van der Waals surface area contributed by atoms with Crippen molar-refractivity contribution in [3.05, 3.63) is 40.3 Å². The van der Waals surface area contributed by atoms with Crippen LogP contribution in [0.5, 0.6) is 0 Å². The van der Waals surface area contributed by atoms with Crippen LogP contribution in [0.2, 0.25) is 0 Å². The number of hydrogen-bond donors (Lipinski definition) is 0. The highest BCUT2D eigenvalue weighted by molar-refractivity contribution is 6.09. The Labute approximate surface area is 114 Å². The van der Waals surface area contributed by atoms with Gasteiger partial charge in [-0.2, -0.15) is 0 Å². The Bertz CT molecular complexity index is 667. The molecule has 0 unspecified atom stereocenters. The number of benzene rings is 1. The van der Waals surface area contributed by atoms with Gasteiger partial charge in [0.25, 0.3) is 5.91 Å². The Morgan fingerprint density at radius 2 is 2.10 bits per heavy atom. The number of carbonyl (C=O) groups excluding carboxylic acids is 2. The topological polar surface area (TPSA) is 95.4 Å². The summed E-state index contributed by atoms with van der Waals surface area (Å²) >= 11 is 0. The number of anilines is 1. The normalized spacial score (nSPS) is 31.2. The molecule has 0 aromatic heterocycles. The molecule has 1 spiro atoms. The maximum Gasteiger partial charge on any atom is 0.316 e. The lowest BCUT2D eigenvalue weighted by atomic mass is 9.81. The van der Waals surface area contributed by atoms with Crippen molar-refractivity contribution in [2.75, 3.05) is 11.9 Å². The highest BCUT2D eigenvalue weighted by Crippen LogP contribution is 2.51. The highest BCUT2D eigenvalue weighted by atomic mass is 16.6. The molecule has 0 saturated carbocycles. The summed E-state index contributed by atoms with van der Waals surface area (Å²) in [6.45, 7) is 1.69. The molecule has 2 heterocycles. The van der Waals surface area contributed by atoms with Gasteiger partial charge in [0.05, 0.1) is 5.69 Å². The van der Waals surface area contributed by atoms with Gasteiger partial charge in [-0.1, -0.05) is 30.2 Å². The van der Waals surface area contributed by atoms with Crippen molar-refractivity contribution in [3.63, 3.8) is 0 Å². The number of nitrogens with zero attached hydrogens (tertiary/aromatic N) is 4. The van der Waals surface area contributed by atoms with Crippen molar-refractivity contribution < 1.29 is 14.3 Å². The van der Waals surface area contributed by atoms with E-state index < -0.39 is 23.5 Å². The lowest BCUT2D eigenvalue weighted by molar-refractivity contribution is -0.159. The summed E-state index contributed by atoms with van der Waals surface area (Å²) in [5.74, 6) is -1.52. The van der Waals surface area contributed by atoms with Crippen LogP contribution >= 0.6 is 0 Å². The molecule has 3 atom stereocenters. The van der Waals surface area contributed by atoms with Crippen LogP contribution in [0.4, 0.5) is 5.69 Å². The van der Waals surface area contributed by atoms with E-state index in [2.05, 4.69) is 10.0 Å². The molecule has 1 aromatic rings. The third-order valence-electron chi connectivity index (χ3n) is 4.08.